The Morgan fingerprint density at radius 1 is 1.02 bits per heavy atom. The summed E-state index contributed by atoms with van der Waals surface area (Å²) in [7, 11) is 2.98. The van der Waals surface area contributed by atoms with Gasteiger partial charge in [0.15, 0.2) is 0 Å². The fraction of sp³-hybridized carbons (Fsp3) is 0.500. The van der Waals surface area contributed by atoms with E-state index in [4.69, 9.17) is 4.74 Å². The van der Waals surface area contributed by atoms with E-state index >= 15 is 0 Å². The lowest BCUT2D eigenvalue weighted by Gasteiger charge is -2.40. The van der Waals surface area contributed by atoms with Crippen LogP contribution in [0.4, 0.5) is 0 Å². The van der Waals surface area contributed by atoms with E-state index in [-0.39, 0.29) is 34.8 Å². The van der Waals surface area contributed by atoms with Crippen LogP contribution in [-0.2, 0) is 36.8 Å². The van der Waals surface area contributed by atoms with Crippen LogP contribution in [0.2, 0.25) is 0 Å². The minimum absolute atomic E-state index is 0.0155. The number of carboxylic acids is 1. The number of carbonyl (C=O) groups is 4. The number of hydrogen-bond donors (Lipinski definition) is 1. The van der Waals surface area contributed by atoms with Crippen LogP contribution in [-0.4, -0.2) is 81.8 Å². The molecule has 1 N–H and O–H groups in total. The molecular weight excluding hydrogens is 572 g/mol. The summed E-state index contributed by atoms with van der Waals surface area (Å²) in [6.07, 6.45) is 3.69. The van der Waals surface area contributed by atoms with Gasteiger partial charge in [0, 0.05) is 19.0 Å². The van der Waals surface area contributed by atoms with Gasteiger partial charge in [0.25, 0.3) is 0 Å². The molecule has 2 fully saturated rings. The molecule has 0 aliphatic carbocycles. The Balaban J connectivity index is 0.000000193. The van der Waals surface area contributed by atoms with Crippen LogP contribution in [0.5, 0.6) is 0 Å². The van der Waals surface area contributed by atoms with Crippen molar-refractivity contribution in [3.05, 3.63) is 71.3 Å². The van der Waals surface area contributed by atoms with Crippen LogP contribution in [0.15, 0.2) is 54.6 Å². The van der Waals surface area contributed by atoms with Crippen LogP contribution in [0.1, 0.15) is 55.8 Å². The number of morpholine rings is 1. The summed E-state index contributed by atoms with van der Waals surface area (Å²) in [4.78, 5) is 51.4. The molecule has 3 aliphatic heterocycles. The maximum atomic E-state index is 12.6. The number of aliphatic carboxylic acids is 1. The predicted molar refractivity (Wildman–Crippen MR) is 166 cm³/mol. The number of hydrogen-bond acceptors (Lipinski definition) is 7. The molecular formula is C32H40N2O6S2. The van der Waals surface area contributed by atoms with Gasteiger partial charge in [0.2, 0.25) is 11.8 Å². The average molecular weight is 613 g/mol. The molecule has 4 atom stereocenters. The van der Waals surface area contributed by atoms with Crippen molar-refractivity contribution in [2.75, 3.05) is 32.1 Å². The number of carbonyl (C=O) groups excluding carboxylic acids is 3. The SMILES string of the molecule is CC(=O)[C@H](Cc1ccccc1)SSCC(=O)N1CCOCC1.CC1Cc2ccccc2C2CCCC(C(=O)O)N2C1=O. The number of fused-ring (bicyclic) bond motifs is 3. The van der Waals surface area contributed by atoms with Crippen LogP contribution >= 0.6 is 21.6 Å². The number of ether oxygens (including phenoxy) is 1. The first-order valence-electron chi connectivity index (χ1n) is 14.6. The molecule has 2 amide bonds. The van der Waals surface area contributed by atoms with Gasteiger partial charge in [-0.15, -0.1) is 0 Å². The van der Waals surface area contributed by atoms with E-state index in [0.717, 1.165) is 24.0 Å². The summed E-state index contributed by atoms with van der Waals surface area (Å²) < 4.78 is 5.24. The molecule has 3 aliphatic rings. The van der Waals surface area contributed by atoms with Crippen molar-refractivity contribution in [3.8, 4) is 0 Å². The number of nitrogens with zero attached hydrogens (tertiary/aromatic N) is 2. The molecule has 3 unspecified atom stereocenters. The predicted octanol–water partition coefficient (Wildman–Crippen LogP) is 4.81. The van der Waals surface area contributed by atoms with Crippen molar-refractivity contribution in [2.24, 2.45) is 5.92 Å². The Hall–Kier alpha value is -2.82. The van der Waals surface area contributed by atoms with Gasteiger partial charge in [-0.25, -0.2) is 4.79 Å². The Morgan fingerprint density at radius 3 is 2.40 bits per heavy atom. The first-order chi connectivity index (χ1) is 20.3. The zero-order chi connectivity index (χ0) is 30.1. The molecule has 2 aromatic carbocycles. The number of Topliss-reactive ketones (excluding diaryl/α,β-unsaturated/α-hetero) is 1. The topological polar surface area (TPSA) is 104 Å². The Kier molecular flexibility index (Phi) is 11.9. The smallest absolute Gasteiger partial charge is 0.326 e. The number of rotatable bonds is 8. The number of piperidine rings is 1. The van der Waals surface area contributed by atoms with Crippen molar-refractivity contribution in [1.29, 1.82) is 0 Å². The van der Waals surface area contributed by atoms with Crippen LogP contribution in [0.25, 0.3) is 0 Å². The second-order valence-corrected chi connectivity index (χ2v) is 13.6. The van der Waals surface area contributed by atoms with E-state index in [9.17, 15) is 24.3 Å². The van der Waals surface area contributed by atoms with Crippen molar-refractivity contribution in [3.63, 3.8) is 0 Å². The molecule has 2 saturated heterocycles. The number of ketones is 1. The summed E-state index contributed by atoms with van der Waals surface area (Å²) in [5, 5.41) is 9.32. The average Bonchev–Trinajstić information content (AvgIpc) is 3.11. The first-order valence-corrected chi connectivity index (χ1v) is 17.0. The van der Waals surface area contributed by atoms with Crippen molar-refractivity contribution >= 4 is 45.2 Å². The second-order valence-electron chi connectivity index (χ2n) is 11.0. The quantitative estimate of drug-likeness (QED) is 0.424. The monoisotopic (exact) mass is 612 g/mol. The molecule has 0 saturated carbocycles. The number of benzene rings is 2. The lowest BCUT2D eigenvalue weighted by molar-refractivity contribution is -0.156. The summed E-state index contributed by atoms with van der Waals surface area (Å²) in [5.41, 5.74) is 3.47. The maximum absolute atomic E-state index is 12.6. The van der Waals surface area contributed by atoms with E-state index in [1.807, 2.05) is 60.4 Å². The molecule has 0 radical (unpaired) electrons. The number of carboxylic acid groups (broad SMARTS) is 1. The van der Waals surface area contributed by atoms with Gasteiger partial charge in [0.05, 0.1) is 30.3 Å². The zero-order valence-electron chi connectivity index (χ0n) is 24.3. The molecule has 3 heterocycles. The van der Waals surface area contributed by atoms with E-state index in [0.29, 0.717) is 51.3 Å². The minimum atomic E-state index is -0.880. The lowest BCUT2D eigenvalue weighted by Crippen LogP contribution is -2.50. The van der Waals surface area contributed by atoms with Gasteiger partial charge >= 0.3 is 5.97 Å². The third-order valence-corrected chi connectivity index (χ3v) is 10.7. The highest BCUT2D eigenvalue weighted by Gasteiger charge is 2.42. The van der Waals surface area contributed by atoms with Crippen molar-refractivity contribution < 1.29 is 29.0 Å². The van der Waals surface area contributed by atoms with E-state index in [1.54, 1.807) is 11.8 Å². The van der Waals surface area contributed by atoms with Gasteiger partial charge in [-0.3, -0.25) is 14.4 Å². The summed E-state index contributed by atoms with van der Waals surface area (Å²) in [5.74, 6) is -0.361. The highest BCUT2D eigenvalue weighted by molar-refractivity contribution is 8.77. The van der Waals surface area contributed by atoms with E-state index in [1.165, 1.54) is 27.2 Å². The molecule has 0 spiro atoms. The lowest BCUT2D eigenvalue weighted by atomic mass is 9.89. The fourth-order valence-corrected chi connectivity index (χ4v) is 8.24. The van der Waals surface area contributed by atoms with Crippen LogP contribution < -0.4 is 0 Å². The standard InChI is InChI=1S/C16H21NO3S2.C16H19NO3/c1-13(18)15(11-14-5-3-2-4-6-14)22-21-12-16(19)17-7-9-20-10-8-17;1-10-9-11-5-2-3-6-12(11)13-7-4-8-14(16(19)20)17(13)15(10)18/h2-6,15H,7-12H2,1H3;2-3,5-6,10,13-14H,4,7-9H2,1H3,(H,19,20)/t15-;/m0./s1. The third-order valence-electron chi connectivity index (χ3n) is 7.98. The molecule has 226 valence electrons. The highest BCUT2D eigenvalue weighted by Crippen LogP contribution is 2.40. The Bertz CT molecular complexity index is 1240. The molecule has 42 heavy (non-hydrogen) atoms. The highest BCUT2D eigenvalue weighted by atomic mass is 33.1. The zero-order valence-corrected chi connectivity index (χ0v) is 25.9. The number of amides is 2. The maximum Gasteiger partial charge on any atom is 0.326 e. The first kappa shape index (κ1) is 32.1. The normalized spacial score (nSPS) is 22.5. The molecule has 5 rings (SSSR count). The fourth-order valence-electron chi connectivity index (χ4n) is 5.72. The summed E-state index contributed by atoms with van der Waals surface area (Å²) in [6, 6.07) is 17.3. The van der Waals surface area contributed by atoms with Crippen LogP contribution in [0, 0.1) is 5.92 Å². The van der Waals surface area contributed by atoms with Crippen molar-refractivity contribution in [2.45, 2.75) is 63.3 Å². The van der Waals surface area contributed by atoms with E-state index in [2.05, 4.69) is 6.07 Å². The molecule has 0 bridgehead atoms. The van der Waals surface area contributed by atoms with Gasteiger partial charge in [0.1, 0.15) is 11.8 Å². The Labute approximate surface area is 255 Å². The van der Waals surface area contributed by atoms with Crippen molar-refractivity contribution in [1.82, 2.24) is 9.80 Å². The minimum Gasteiger partial charge on any atom is -0.480 e. The summed E-state index contributed by atoms with van der Waals surface area (Å²) in [6.45, 7) is 6.09. The second kappa shape index (κ2) is 15.6. The Morgan fingerprint density at radius 2 is 1.71 bits per heavy atom. The van der Waals surface area contributed by atoms with Gasteiger partial charge in [-0.05, 0) is 55.7 Å². The molecule has 0 aromatic heterocycles. The van der Waals surface area contributed by atoms with E-state index < -0.39 is 12.0 Å². The van der Waals surface area contributed by atoms with Crippen LogP contribution in [0.3, 0.4) is 0 Å². The third kappa shape index (κ3) is 8.39. The molecule has 10 heteroatoms. The largest absolute Gasteiger partial charge is 0.480 e. The van der Waals surface area contributed by atoms with Gasteiger partial charge in [-0.2, -0.15) is 0 Å². The van der Waals surface area contributed by atoms with Gasteiger partial charge in [-0.1, -0.05) is 83.1 Å². The summed E-state index contributed by atoms with van der Waals surface area (Å²) >= 11 is 0. The molecule has 2 aromatic rings. The van der Waals surface area contributed by atoms with Gasteiger partial charge < -0.3 is 19.6 Å². The molecule has 8 nitrogen and oxygen atoms in total.